The fourth-order valence-electron chi connectivity index (χ4n) is 3.39. The van der Waals surface area contributed by atoms with Crippen LogP contribution in [-0.2, 0) is 27.3 Å². The molecule has 0 spiro atoms. The van der Waals surface area contributed by atoms with Crippen LogP contribution in [0.4, 0.5) is 0 Å². The minimum atomic E-state index is -0.834. The molecule has 0 bridgehead atoms. The van der Waals surface area contributed by atoms with Crippen molar-refractivity contribution in [3.05, 3.63) is 65.2 Å². The molecule has 2 heterocycles. The van der Waals surface area contributed by atoms with E-state index in [1.165, 1.54) is 11.6 Å². The van der Waals surface area contributed by atoms with Crippen molar-refractivity contribution in [2.24, 2.45) is 0 Å². The molecule has 0 fully saturated rings. The number of fused-ring (bicyclic) bond motifs is 2. The molecule has 1 atom stereocenters. The highest BCUT2D eigenvalue weighted by atomic mass is 16.7. The van der Waals surface area contributed by atoms with Crippen LogP contribution in [0.1, 0.15) is 23.6 Å². The van der Waals surface area contributed by atoms with E-state index in [1.807, 2.05) is 24.3 Å². The van der Waals surface area contributed by atoms with E-state index in [2.05, 4.69) is 6.07 Å². The highest BCUT2D eigenvalue weighted by Gasteiger charge is 2.26. The number of carbonyl (C=O) groups is 2. The lowest BCUT2D eigenvalue weighted by Crippen LogP contribution is -2.42. The number of benzene rings is 2. The number of carbonyl (C=O) groups excluding carboxylic acids is 2. The zero-order valence-electron chi connectivity index (χ0n) is 15.6. The Bertz CT molecular complexity index is 936. The van der Waals surface area contributed by atoms with Crippen LogP contribution in [-0.4, -0.2) is 36.2 Å². The van der Waals surface area contributed by atoms with Gasteiger partial charge in [0.15, 0.2) is 17.6 Å². The maximum atomic E-state index is 12.6. The standard InChI is InChI=1S/C22H21NO5/c1-15(22(25)23-11-10-17-4-2-3-5-18(17)13-23)28-21(24)9-7-16-6-8-19-20(12-16)27-14-26-19/h2-9,12,15H,10-11,13-14H2,1H3/b9-7+. The number of ether oxygens (including phenoxy) is 3. The molecule has 4 rings (SSSR count). The summed E-state index contributed by atoms with van der Waals surface area (Å²) >= 11 is 0. The first kappa shape index (κ1) is 18.1. The second-order valence-corrected chi connectivity index (χ2v) is 6.80. The van der Waals surface area contributed by atoms with E-state index in [4.69, 9.17) is 14.2 Å². The van der Waals surface area contributed by atoms with Crippen molar-refractivity contribution in [1.29, 1.82) is 0 Å². The number of esters is 1. The number of hydrogen-bond acceptors (Lipinski definition) is 5. The van der Waals surface area contributed by atoms with Crippen LogP contribution in [0.5, 0.6) is 11.5 Å². The SMILES string of the molecule is CC(OC(=O)/C=C/c1ccc2c(c1)OCO2)C(=O)N1CCc2ccccc2C1. The minimum Gasteiger partial charge on any atom is -0.454 e. The molecule has 0 saturated heterocycles. The molecule has 1 unspecified atom stereocenters. The van der Waals surface area contributed by atoms with Crippen molar-refractivity contribution in [3.8, 4) is 11.5 Å². The van der Waals surface area contributed by atoms with Gasteiger partial charge in [-0.25, -0.2) is 4.79 Å². The molecule has 0 N–H and O–H groups in total. The monoisotopic (exact) mass is 379 g/mol. The first-order chi connectivity index (χ1) is 13.6. The molecule has 6 heteroatoms. The lowest BCUT2D eigenvalue weighted by Gasteiger charge is -2.30. The predicted octanol–water partition coefficient (Wildman–Crippen LogP) is 2.95. The van der Waals surface area contributed by atoms with E-state index in [1.54, 1.807) is 30.0 Å². The van der Waals surface area contributed by atoms with Crippen molar-refractivity contribution in [2.75, 3.05) is 13.3 Å². The molecule has 2 aliphatic rings. The Morgan fingerprint density at radius 3 is 2.75 bits per heavy atom. The maximum Gasteiger partial charge on any atom is 0.331 e. The summed E-state index contributed by atoms with van der Waals surface area (Å²) in [6.45, 7) is 2.98. The van der Waals surface area contributed by atoms with Crippen LogP contribution in [0.2, 0.25) is 0 Å². The van der Waals surface area contributed by atoms with Gasteiger partial charge in [0.1, 0.15) is 0 Å². The van der Waals surface area contributed by atoms with Crippen molar-refractivity contribution in [3.63, 3.8) is 0 Å². The van der Waals surface area contributed by atoms with Gasteiger partial charge in [-0.1, -0.05) is 30.3 Å². The Morgan fingerprint density at radius 1 is 1.11 bits per heavy atom. The topological polar surface area (TPSA) is 65.1 Å². The van der Waals surface area contributed by atoms with E-state index in [0.717, 1.165) is 17.5 Å². The lowest BCUT2D eigenvalue weighted by molar-refractivity contribution is -0.155. The Morgan fingerprint density at radius 2 is 1.89 bits per heavy atom. The zero-order valence-corrected chi connectivity index (χ0v) is 15.6. The molecule has 2 aliphatic heterocycles. The molecule has 2 aromatic rings. The maximum absolute atomic E-state index is 12.6. The molecule has 6 nitrogen and oxygen atoms in total. The summed E-state index contributed by atoms with van der Waals surface area (Å²) in [7, 11) is 0. The minimum absolute atomic E-state index is 0.181. The Hall–Kier alpha value is -3.28. The average Bonchev–Trinajstić information content (AvgIpc) is 3.19. The van der Waals surface area contributed by atoms with Gasteiger partial charge >= 0.3 is 5.97 Å². The van der Waals surface area contributed by atoms with Gasteiger partial charge in [0.25, 0.3) is 5.91 Å². The van der Waals surface area contributed by atoms with E-state index in [0.29, 0.717) is 24.6 Å². The van der Waals surface area contributed by atoms with E-state index >= 15 is 0 Å². The van der Waals surface area contributed by atoms with Crippen LogP contribution < -0.4 is 9.47 Å². The van der Waals surface area contributed by atoms with Crippen molar-refractivity contribution >= 4 is 18.0 Å². The Balaban J connectivity index is 1.33. The number of nitrogens with zero attached hydrogens (tertiary/aromatic N) is 1. The van der Waals surface area contributed by atoms with Gasteiger partial charge in [0, 0.05) is 19.2 Å². The third-order valence-electron chi connectivity index (χ3n) is 4.89. The number of rotatable bonds is 4. The molecular weight excluding hydrogens is 358 g/mol. The third-order valence-corrected chi connectivity index (χ3v) is 4.89. The van der Waals surface area contributed by atoms with Crippen LogP contribution in [0.3, 0.4) is 0 Å². The highest BCUT2D eigenvalue weighted by molar-refractivity contribution is 5.90. The number of amides is 1. The summed E-state index contributed by atoms with van der Waals surface area (Å²) in [5, 5.41) is 0. The number of hydrogen-bond donors (Lipinski definition) is 0. The van der Waals surface area contributed by atoms with Crippen molar-refractivity contribution in [2.45, 2.75) is 26.0 Å². The quantitative estimate of drug-likeness (QED) is 0.604. The smallest absolute Gasteiger partial charge is 0.331 e. The summed E-state index contributed by atoms with van der Waals surface area (Å²) in [5.74, 6) is 0.585. The second kappa shape index (κ2) is 7.76. The molecule has 1 amide bonds. The molecule has 0 aliphatic carbocycles. The zero-order chi connectivity index (χ0) is 19.5. The first-order valence-electron chi connectivity index (χ1n) is 9.24. The Kier molecular flexibility index (Phi) is 5.02. The van der Waals surface area contributed by atoms with E-state index < -0.39 is 12.1 Å². The molecule has 2 aromatic carbocycles. The molecule has 144 valence electrons. The van der Waals surface area contributed by atoms with Gasteiger partial charge in [-0.05, 0) is 48.2 Å². The van der Waals surface area contributed by atoms with Crippen molar-refractivity contribution in [1.82, 2.24) is 4.90 Å². The van der Waals surface area contributed by atoms with E-state index in [-0.39, 0.29) is 12.7 Å². The van der Waals surface area contributed by atoms with Gasteiger partial charge in [-0.15, -0.1) is 0 Å². The molecule has 0 aromatic heterocycles. The second-order valence-electron chi connectivity index (χ2n) is 6.80. The summed E-state index contributed by atoms with van der Waals surface area (Å²) < 4.78 is 15.9. The Labute approximate surface area is 163 Å². The van der Waals surface area contributed by atoms with Gasteiger partial charge in [-0.3, -0.25) is 4.79 Å². The fourth-order valence-corrected chi connectivity index (χ4v) is 3.39. The van der Waals surface area contributed by atoms with Crippen LogP contribution in [0.15, 0.2) is 48.5 Å². The first-order valence-corrected chi connectivity index (χ1v) is 9.24. The highest BCUT2D eigenvalue weighted by Crippen LogP contribution is 2.32. The average molecular weight is 379 g/mol. The summed E-state index contributed by atoms with van der Waals surface area (Å²) in [6, 6.07) is 13.5. The third kappa shape index (κ3) is 3.86. The fraction of sp³-hybridized carbons (Fsp3) is 0.273. The predicted molar refractivity (Wildman–Crippen MR) is 103 cm³/mol. The molecule has 28 heavy (non-hydrogen) atoms. The molecule has 0 saturated carbocycles. The van der Waals surface area contributed by atoms with E-state index in [9.17, 15) is 9.59 Å². The normalized spacial score (nSPS) is 16.0. The summed E-state index contributed by atoms with van der Waals surface area (Å²) in [5.41, 5.74) is 3.19. The summed E-state index contributed by atoms with van der Waals surface area (Å²) in [4.78, 5) is 26.5. The van der Waals surface area contributed by atoms with Gasteiger partial charge < -0.3 is 19.1 Å². The van der Waals surface area contributed by atoms with Crippen molar-refractivity contribution < 1.29 is 23.8 Å². The van der Waals surface area contributed by atoms with Crippen LogP contribution in [0, 0.1) is 0 Å². The van der Waals surface area contributed by atoms with Gasteiger partial charge in [0.05, 0.1) is 0 Å². The molecular formula is C22H21NO5. The van der Waals surface area contributed by atoms with Crippen LogP contribution in [0.25, 0.3) is 6.08 Å². The summed E-state index contributed by atoms with van der Waals surface area (Å²) in [6.07, 6.45) is 2.91. The van der Waals surface area contributed by atoms with Gasteiger partial charge in [-0.2, -0.15) is 0 Å². The van der Waals surface area contributed by atoms with Gasteiger partial charge in [0.2, 0.25) is 6.79 Å². The largest absolute Gasteiger partial charge is 0.454 e. The lowest BCUT2D eigenvalue weighted by atomic mass is 9.99. The van der Waals surface area contributed by atoms with Crippen LogP contribution >= 0.6 is 0 Å². The molecule has 0 radical (unpaired) electrons.